The first-order chi connectivity index (χ1) is 9.78. The van der Waals surface area contributed by atoms with E-state index in [0.29, 0.717) is 6.54 Å². The van der Waals surface area contributed by atoms with Gasteiger partial charge in [-0.3, -0.25) is 9.78 Å². The number of aromatic nitrogens is 1. The molecule has 3 N–H and O–H groups in total. The van der Waals surface area contributed by atoms with Gasteiger partial charge in [-0.15, -0.1) is 0 Å². The van der Waals surface area contributed by atoms with Crippen LogP contribution in [-0.4, -0.2) is 29.6 Å². The molecule has 0 saturated carbocycles. The summed E-state index contributed by atoms with van der Waals surface area (Å²) in [4.78, 5) is 16.3. The van der Waals surface area contributed by atoms with Crippen molar-refractivity contribution in [3.63, 3.8) is 0 Å². The maximum Gasteiger partial charge on any atom is 0.253 e. The lowest BCUT2D eigenvalue weighted by Gasteiger charge is -2.13. The molecule has 1 aromatic carbocycles. The molecule has 1 aromatic heterocycles. The maximum atomic E-state index is 12.2. The fraction of sp³-hybridized carbons (Fsp3) is 0.333. The van der Waals surface area contributed by atoms with E-state index in [1.165, 1.54) is 0 Å². The Morgan fingerprint density at radius 3 is 3.10 bits per heavy atom. The Hall–Kier alpha value is -1.98. The molecule has 0 spiro atoms. The molecule has 1 fully saturated rings. The zero-order valence-electron chi connectivity index (χ0n) is 11.1. The zero-order valence-corrected chi connectivity index (χ0v) is 11.1. The van der Waals surface area contributed by atoms with Crippen LogP contribution in [0, 0.1) is 0 Å². The molecule has 1 saturated heterocycles. The lowest BCUT2D eigenvalue weighted by Crippen LogP contribution is -2.29. The topological polar surface area (TPSA) is 77.2 Å². The van der Waals surface area contributed by atoms with Crippen molar-refractivity contribution in [1.29, 1.82) is 0 Å². The van der Waals surface area contributed by atoms with Gasteiger partial charge in [0.2, 0.25) is 0 Å². The van der Waals surface area contributed by atoms with E-state index in [2.05, 4.69) is 10.3 Å². The highest BCUT2D eigenvalue weighted by molar-refractivity contribution is 6.03. The van der Waals surface area contributed by atoms with Crippen molar-refractivity contribution in [2.45, 2.75) is 25.0 Å². The number of nitrogens with two attached hydrogens (primary N) is 1. The second kappa shape index (κ2) is 5.56. The first kappa shape index (κ1) is 13.0. The van der Waals surface area contributed by atoms with Gasteiger partial charge < -0.3 is 15.8 Å². The van der Waals surface area contributed by atoms with Crippen LogP contribution in [0.25, 0.3) is 10.8 Å². The van der Waals surface area contributed by atoms with Crippen molar-refractivity contribution < 1.29 is 9.53 Å². The van der Waals surface area contributed by atoms with Crippen molar-refractivity contribution in [2.24, 2.45) is 5.73 Å². The standard InChI is InChI=1S/C15H17N3O2/c16-8-11-4-5-14(20-11)15(19)18-13-3-1-2-10-6-7-17-9-12(10)13/h1-3,6-7,9,11,14H,4-5,8,16H2,(H,18,19). The Morgan fingerprint density at radius 2 is 2.30 bits per heavy atom. The number of hydrogen-bond acceptors (Lipinski definition) is 4. The third-order valence-corrected chi connectivity index (χ3v) is 3.60. The smallest absolute Gasteiger partial charge is 0.253 e. The predicted molar refractivity (Wildman–Crippen MR) is 77.3 cm³/mol. The first-order valence-corrected chi connectivity index (χ1v) is 6.77. The summed E-state index contributed by atoms with van der Waals surface area (Å²) in [6.45, 7) is 0.460. The summed E-state index contributed by atoms with van der Waals surface area (Å²) >= 11 is 0. The van der Waals surface area contributed by atoms with Crippen molar-refractivity contribution in [3.8, 4) is 0 Å². The Labute approximate surface area is 117 Å². The molecule has 5 heteroatoms. The second-order valence-electron chi connectivity index (χ2n) is 4.95. The number of nitrogens with one attached hydrogen (secondary N) is 1. The van der Waals surface area contributed by atoms with Gasteiger partial charge in [-0.2, -0.15) is 0 Å². The van der Waals surface area contributed by atoms with Gasteiger partial charge in [-0.25, -0.2) is 0 Å². The van der Waals surface area contributed by atoms with Crippen LogP contribution in [0.2, 0.25) is 0 Å². The van der Waals surface area contributed by atoms with Crippen LogP contribution in [0.1, 0.15) is 12.8 Å². The summed E-state index contributed by atoms with van der Waals surface area (Å²) in [6, 6.07) is 7.69. The third-order valence-electron chi connectivity index (χ3n) is 3.60. The highest BCUT2D eigenvalue weighted by Gasteiger charge is 2.29. The molecule has 1 amide bonds. The van der Waals surface area contributed by atoms with E-state index in [4.69, 9.17) is 10.5 Å². The molecular weight excluding hydrogens is 254 g/mol. The number of amides is 1. The molecule has 2 aromatic rings. The highest BCUT2D eigenvalue weighted by Crippen LogP contribution is 2.24. The van der Waals surface area contributed by atoms with Gasteiger partial charge in [0, 0.05) is 24.3 Å². The van der Waals surface area contributed by atoms with E-state index in [-0.39, 0.29) is 12.0 Å². The minimum absolute atomic E-state index is 0.0000609. The molecule has 20 heavy (non-hydrogen) atoms. The molecule has 0 bridgehead atoms. The molecular formula is C15H17N3O2. The molecule has 5 nitrogen and oxygen atoms in total. The van der Waals surface area contributed by atoms with E-state index < -0.39 is 6.10 Å². The van der Waals surface area contributed by atoms with Crippen molar-refractivity contribution in [1.82, 2.24) is 4.98 Å². The number of carbonyl (C=O) groups excluding carboxylic acids is 1. The molecule has 3 rings (SSSR count). The number of carbonyl (C=O) groups is 1. The van der Waals surface area contributed by atoms with Crippen molar-refractivity contribution in [3.05, 3.63) is 36.7 Å². The quantitative estimate of drug-likeness (QED) is 0.890. The first-order valence-electron chi connectivity index (χ1n) is 6.77. The van der Waals surface area contributed by atoms with Crippen LogP contribution in [0.3, 0.4) is 0 Å². The third kappa shape index (κ3) is 2.50. The number of hydrogen-bond donors (Lipinski definition) is 2. The average molecular weight is 271 g/mol. The van der Waals surface area contributed by atoms with E-state index in [1.807, 2.05) is 24.3 Å². The van der Waals surface area contributed by atoms with Crippen LogP contribution < -0.4 is 11.1 Å². The number of fused-ring (bicyclic) bond motifs is 1. The van der Waals surface area contributed by atoms with Gasteiger partial charge in [-0.1, -0.05) is 12.1 Å². The molecule has 0 aliphatic carbocycles. The lowest BCUT2D eigenvalue weighted by atomic mass is 10.1. The molecule has 1 aliphatic heterocycles. The molecule has 2 heterocycles. The molecule has 104 valence electrons. The van der Waals surface area contributed by atoms with Gasteiger partial charge in [0.1, 0.15) is 6.10 Å². The van der Waals surface area contributed by atoms with Crippen LogP contribution in [0.5, 0.6) is 0 Å². The summed E-state index contributed by atoms with van der Waals surface area (Å²) in [5, 5.41) is 4.90. The second-order valence-corrected chi connectivity index (χ2v) is 4.95. The normalized spacial score (nSPS) is 22.1. The van der Waals surface area contributed by atoms with Gasteiger partial charge >= 0.3 is 0 Å². The van der Waals surface area contributed by atoms with Crippen molar-refractivity contribution in [2.75, 3.05) is 11.9 Å². The number of anilines is 1. The summed E-state index contributed by atoms with van der Waals surface area (Å²) < 4.78 is 5.60. The number of rotatable bonds is 3. The summed E-state index contributed by atoms with van der Waals surface area (Å²) in [6.07, 6.45) is 4.64. The van der Waals surface area contributed by atoms with Crippen LogP contribution in [0.4, 0.5) is 5.69 Å². The number of pyridine rings is 1. The highest BCUT2D eigenvalue weighted by atomic mass is 16.5. The predicted octanol–water partition coefficient (Wildman–Crippen LogP) is 1.68. The van der Waals surface area contributed by atoms with E-state index >= 15 is 0 Å². The largest absolute Gasteiger partial charge is 0.364 e. The SMILES string of the molecule is NCC1CCC(C(=O)Nc2cccc3ccncc23)O1. The Morgan fingerprint density at radius 1 is 1.40 bits per heavy atom. The summed E-state index contributed by atoms with van der Waals surface area (Å²) in [5.41, 5.74) is 6.32. The Kier molecular flexibility index (Phi) is 3.62. The minimum atomic E-state index is -0.407. The van der Waals surface area contributed by atoms with Gasteiger partial charge in [0.15, 0.2) is 0 Å². The van der Waals surface area contributed by atoms with E-state index in [0.717, 1.165) is 29.3 Å². The van der Waals surface area contributed by atoms with Gasteiger partial charge in [0.05, 0.1) is 11.8 Å². The lowest BCUT2D eigenvalue weighted by molar-refractivity contribution is -0.126. The Bertz CT molecular complexity index is 624. The van der Waals surface area contributed by atoms with Gasteiger partial charge in [0.25, 0.3) is 5.91 Å². The van der Waals surface area contributed by atoms with Crippen LogP contribution in [-0.2, 0) is 9.53 Å². The number of nitrogens with zero attached hydrogens (tertiary/aromatic N) is 1. The van der Waals surface area contributed by atoms with Crippen molar-refractivity contribution >= 4 is 22.4 Å². The Balaban J connectivity index is 1.78. The van der Waals surface area contributed by atoms with E-state index in [1.54, 1.807) is 12.4 Å². The number of ether oxygens (including phenoxy) is 1. The summed E-state index contributed by atoms with van der Waals surface area (Å²) in [7, 11) is 0. The van der Waals surface area contributed by atoms with Crippen LogP contribution in [0.15, 0.2) is 36.7 Å². The van der Waals surface area contributed by atoms with Gasteiger partial charge in [-0.05, 0) is 30.4 Å². The number of benzene rings is 1. The fourth-order valence-electron chi connectivity index (χ4n) is 2.51. The fourth-order valence-corrected chi connectivity index (χ4v) is 2.51. The molecule has 2 unspecified atom stereocenters. The molecule has 2 atom stereocenters. The van der Waals surface area contributed by atoms with Crippen LogP contribution >= 0.6 is 0 Å². The van der Waals surface area contributed by atoms with E-state index in [9.17, 15) is 4.79 Å². The maximum absolute atomic E-state index is 12.2. The monoisotopic (exact) mass is 271 g/mol. The molecule has 0 radical (unpaired) electrons. The average Bonchev–Trinajstić information content (AvgIpc) is 2.97. The zero-order chi connectivity index (χ0) is 13.9. The molecule has 1 aliphatic rings. The summed E-state index contributed by atoms with van der Waals surface area (Å²) in [5.74, 6) is -0.114. The minimum Gasteiger partial charge on any atom is -0.364 e.